The van der Waals surface area contributed by atoms with Gasteiger partial charge < -0.3 is 9.80 Å². The Balaban J connectivity index is 1.90. The molecule has 0 radical (unpaired) electrons. The second-order valence-corrected chi connectivity index (χ2v) is 6.75. The zero-order valence-corrected chi connectivity index (χ0v) is 13.8. The van der Waals surface area contributed by atoms with Gasteiger partial charge in [0.1, 0.15) is 12.1 Å². The summed E-state index contributed by atoms with van der Waals surface area (Å²) in [4.78, 5) is 28.8. The fraction of sp³-hybridized carbons (Fsp3) is 0.500. The number of nitrogens with zero attached hydrogens (tertiary/aromatic N) is 2. The SMILES string of the molecule is CC1C(=O)N2CCCC2C(=O)N1C(C)c1ccc(Br)cc1. The van der Waals surface area contributed by atoms with Gasteiger partial charge in [-0.15, -0.1) is 0 Å². The molecule has 112 valence electrons. The summed E-state index contributed by atoms with van der Waals surface area (Å²) in [5, 5.41) is 0. The van der Waals surface area contributed by atoms with E-state index in [1.165, 1.54) is 0 Å². The summed E-state index contributed by atoms with van der Waals surface area (Å²) >= 11 is 3.42. The van der Waals surface area contributed by atoms with E-state index in [0.717, 1.165) is 29.4 Å². The number of rotatable bonds is 2. The number of halogens is 1. The number of piperazine rings is 1. The molecule has 0 saturated carbocycles. The van der Waals surface area contributed by atoms with Gasteiger partial charge in [-0.2, -0.15) is 0 Å². The molecule has 2 aliphatic rings. The summed E-state index contributed by atoms with van der Waals surface area (Å²) in [5.74, 6) is 0.177. The van der Waals surface area contributed by atoms with Gasteiger partial charge in [0.2, 0.25) is 11.8 Å². The molecular weight excluding hydrogens is 332 g/mol. The Morgan fingerprint density at radius 1 is 1.19 bits per heavy atom. The van der Waals surface area contributed by atoms with Crippen molar-refractivity contribution in [1.29, 1.82) is 0 Å². The zero-order chi connectivity index (χ0) is 15.1. The van der Waals surface area contributed by atoms with Crippen molar-refractivity contribution < 1.29 is 9.59 Å². The highest BCUT2D eigenvalue weighted by atomic mass is 79.9. The Bertz CT molecular complexity index is 572. The summed E-state index contributed by atoms with van der Waals surface area (Å²) in [6.45, 7) is 4.56. The normalized spacial score (nSPS) is 27.0. The van der Waals surface area contributed by atoms with E-state index in [0.29, 0.717) is 0 Å². The Kier molecular flexibility index (Phi) is 3.78. The second-order valence-electron chi connectivity index (χ2n) is 5.84. The minimum absolute atomic E-state index is 0.0843. The minimum atomic E-state index is -0.384. The van der Waals surface area contributed by atoms with Crippen molar-refractivity contribution in [2.45, 2.75) is 44.8 Å². The van der Waals surface area contributed by atoms with E-state index in [9.17, 15) is 9.59 Å². The third-order valence-electron chi connectivity index (χ3n) is 4.62. The number of benzene rings is 1. The van der Waals surface area contributed by atoms with Crippen molar-refractivity contribution in [2.75, 3.05) is 6.54 Å². The summed E-state index contributed by atoms with van der Waals surface area (Å²) in [6, 6.07) is 7.22. The molecule has 5 heteroatoms. The largest absolute Gasteiger partial charge is 0.329 e. The molecule has 0 aliphatic carbocycles. The monoisotopic (exact) mass is 350 g/mol. The van der Waals surface area contributed by atoms with E-state index in [4.69, 9.17) is 0 Å². The van der Waals surface area contributed by atoms with E-state index < -0.39 is 0 Å². The molecule has 21 heavy (non-hydrogen) atoms. The third-order valence-corrected chi connectivity index (χ3v) is 5.15. The van der Waals surface area contributed by atoms with Crippen LogP contribution in [0.3, 0.4) is 0 Å². The fourth-order valence-electron chi connectivity index (χ4n) is 3.44. The van der Waals surface area contributed by atoms with Crippen LogP contribution in [0.15, 0.2) is 28.7 Å². The maximum atomic E-state index is 12.8. The molecule has 2 fully saturated rings. The third kappa shape index (κ3) is 2.37. The zero-order valence-electron chi connectivity index (χ0n) is 12.3. The van der Waals surface area contributed by atoms with Crippen LogP contribution in [0.25, 0.3) is 0 Å². The number of carbonyl (C=O) groups is 2. The van der Waals surface area contributed by atoms with Crippen LogP contribution in [0, 0.1) is 0 Å². The topological polar surface area (TPSA) is 40.6 Å². The van der Waals surface area contributed by atoms with Crippen LogP contribution in [0.4, 0.5) is 0 Å². The molecule has 0 aromatic heterocycles. The van der Waals surface area contributed by atoms with Gasteiger partial charge in [0.25, 0.3) is 0 Å². The van der Waals surface area contributed by atoms with Gasteiger partial charge in [0, 0.05) is 11.0 Å². The number of carbonyl (C=O) groups excluding carboxylic acids is 2. The first kappa shape index (κ1) is 14.6. The van der Waals surface area contributed by atoms with E-state index in [-0.39, 0.29) is 29.9 Å². The molecule has 2 heterocycles. The lowest BCUT2D eigenvalue weighted by atomic mass is 9.99. The molecule has 2 amide bonds. The van der Waals surface area contributed by atoms with Gasteiger partial charge >= 0.3 is 0 Å². The molecule has 0 spiro atoms. The standard InChI is InChI=1S/C16H19BrN2O2/c1-10(12-5-7-13(17)8-6-12)19-11(2)15(20)18-9-3-4-14(18)16(19)21/h5-8,10-11,14H,3-4,9H2,1-2H3. The maximum absolute atomic E-state index is 12.8. The molecule has 0 bridgehead atoms. The fourth-order valence-corrected chi connectivity index (χ4v) is 3.70. The molecule has 3 atom stereocenters. The van der Waals surface area contributed by atoms with E-state index in [2.05, 4.69) is 15.9 Å². The Labute approximate surface area is 133 Å². The van der Waals surface area contributed by atoms with Crippen molar-refractivity contribution in [3.8, 4) is 0 Å². The quantitative estimate of drug-likeness (QED) is 0.822. The molecule has 2 saturated heterocycles. The van der Waals surface area contributed by atoms with Crippen molar-refractivity contribution in [3.05, 3.63) is 34.3 Å². The van der Waals surface area contributed by atoms with Crippen molar-refractivity contribution in [2.24, 2.45) is 0 Å². The van der Waals surface area contributed by atoms with Crippen molar-refractivity contribution in [1.82, 2.24) is 9.80 Å². The van der Waals surface area contributed by atoms with Gasteiger partial charge in [0.05, 0.1) is 6.04 Å². The summed E-state index contributed by atoms with van der Waals surface area (Å²) in [7, 11) is 0. The Morgan fingerprint density at radius 3 is 2.52 bits per heavy atom. The Morgan fingerprint density at radius 2 is 1.86 bits per heavy atom. The molecule has 3 rings (SSSR count). The van der Waals surface area contributed by atoms with Gasteiger partial charge in [-0.1, -0.05) is 28.1 Å². The highest BCUT2D eigenvalue weighted by molar-refractivity contribution is 9.10. The summed E-state index contributed by atoms with van der Waals surface area (Å²) in [5.41, 5.74) is 1.05. The van der Waals surface area contributed by atoms with Gasteiger partial charge in [-0.05, 0) is 44.4 Å². The van der Waals surface area contributed by atoms with Crippen LogP contribution in [0.1, 0.15) is 38.3 Å². The van der Waals surface area contributed by atoms with Crippen molar-refractivity contribution >= 4 is 27.7 Å². The summed E-state index contributed by atoms with van der Waals surface area (Å²) in [6.07, 6.45) is 1.72. The highest BCUT2D eigenvalue weighted by Crippen LogP contribution is 2.33. The average molecular weight is 351 g/mol. The summed E-state index contributed by atoms with van der Waals surface area (Å²) < 4.78 is 1.01. The molecule has 3 unspecified atom stereocenters. The van der Waals surface area contributed by atoms with Gasteiger partial charge in [0.15, 0.2) is 0 Å². The van der Waals surface area contributed by atoms with Gasteiger partial charge in [-0.25, -0.2) is 0 Å². The molecule has 2 aliphatic heterocycles. The van der Waals surface area contributed by atoms with Crippen LogP contribution in [0.5, 0.6) is 0 Å². The van der Waals surface area contributed by atoms with E-state index >= 15 is 0 Å². The molecular formula is C16H19BrN2O2. The van der Waals surface area contributed by atoms with Crippen molar-refractivity contribution in [3.63, 3.8) is 0 Å². The predicted octanol–water partition coefficient (Wildman–Crippen LogP) is 2.73. The average Bonchev–Trinajstić information content (AvgIpc) is 2.95. The van der Waals surface area contributed by atoms with E-state index in [1.807, 2.05) is 38.1 Å². The molecule has 1 aromatic carbocycles. The highest BCUT2D eigenvalue weighted by Gasteiger charge is 2.47. The van der Waals surface area contributed by atoms with Crippen LogP contribution in [-0.4, -0.2) is 40.2 Å². The molecule has 0 N–H and O–H groups in total. The number of fused-ring (bicyclic) bond motifs is 1. The molecule has 4 nitrogen and oxygen atoms in total. The van der Waals surface area contributed by atoms with Crippen LogP contribution < -0.4 is 0 Å². The first-order valence-electron chi connectivity index (χ1n) is 7.39. The van der Waals surface area contributed by atoms with Gasteiger partial charge in [-0.3, -0.25) is 9.59 Å². The lowest BCUT2D eigenvalue weighted by molar-refractivity contribution is -0.161. The first-order chi connectivity index (χ1) is 10.0. The smallest absolute Gasteiger partial charge is 0.246 e. The predicted molar refractivity (Wildman–Crippen MR) is 83.6 cm³/mol. The number of amides is 2. The maximum Gasteiger partial charge on any atom is 0.246 e. The lowest BCUT2D eigenvalue weighted by Crippen LogP contribution is -2.62. The first-order valence-corrected chi connectivity index (χ1v) is 8.18. The molecule has 1 aromatic rings. The minimum Gasteiger partial charge on any atom is -0.329 e. The van der Waals surface area contributed by atoms with Crippen LogP contribution in [0.2, 0.25) is 0 Å². The second kappa shape index (κ2) is 5.44. The van der Waals surface area contributed by atoms with Crippen LogP contribution >= 0.6 is 15.9 Å². The number of hydrogen-bond acceptors (Lipinski definition) is 2. The Hall–Kier alpha value is -1.36. The number of hydrogen-bond donors (Lipinski definition) is 0. The lowest BCUT2D eigenvalue weighted by Gasteiger charge is -2.44. The van der Waals surface area contributed by atoms with E-state index in [1.54, 1.807) is 9.80 Å². The van der Waals surface area contributed by atoms with Crippen LogP contribution in [-0.2, 0) is 9.59 Å².